The van der Waals surface area contributed by atoms with Gasteiger partial charge in [0.1, 0.15) is 6.07 Å². The molecule has 0 fully saturated rings. The molecule has 0 aliphatic heterocycles. The van der Waals surface area contributed by atoms with E-state index in [1.165, 1.54) is 0 Å². The summed E-state index contributed by atoms with van der Waals surface area (Å²) in [6, 6.07) is 8.49. The Morgan fingerprint density at radius 1 is 1.50 bits per heavy atom. The highest BCUT2D eigenvalue weighted by atomic mass is 16.3. The molecule has 20 heavy (non-hydrogen) atoms. The Balaban J connectivity index is 2.74. The van der Waals surface area contributed by atoms with Crippen molar-refractivity contribution in [2.24, 2.45) is 0 Å². The van der Waals surface area contributed by atoms with E-state index in [1.807, 2.05) is 6.07 Å². The second-order valence-electron chi connectivity index (χ2n) is 5.55. The van der Waals surface area contributed by atoms with E-state index in [0.717, 1.165) is 0 Å². The summed E-state index contributed by atoms with van der Waals surface area (Å²) in [6.45, 7) is 5.52. The van der Waals surface area contributed by atoms with E-state index in [-0.39, 0.29) is 5.91 Å². The number of rotatable bonds is 5. The van der Waals surface area contributed by atoms with Gasteiger partial charge in [-0.05, 0) is 40.0 Å². The van der Waals surface area contributed by atoms with Crippen LogP contribution in [0.5, 0.6) is 0 Å². The lowest BCUT2D eigenvalue weighted by atomic mass is 10.1. The van der Waals surface area contributed by atoms with Crippen molar-refractivity contribution in [1.82, 2.24) is 4.90 Å². The third-order valence-electron chi connectivity index (χ3n) is 2.98. The van der Waals surface area contributed by atoms with E-state index in [9.17, 15) is 9.90 Å². The topological polar surface area (TPSA) is 76.4 Å². The fraction of sp³-hybridized carbons (Fsp3) is 0.467. The van der Waals surface area contributed by atoms with Crippen molar-refractivity contribution < 1.29 is 9.90 Å². The van der Waals surface area contributed by atoms with Gasteiger partial charge in [0, 0.05) is 6.54 Å². The first-order valence-corrected chi connectivity index (χ1v) is 6.47. The van der Waals surface area contributed by atoms with Crippen molar-refractivity contribution >= 4 is 11.6 Å². The van der Waals surface area contributed by atoms with Crippen molar-refractivity contribution in [3.8, 4) is 6.07 Å². The number of hydrogen-bond acceptors (Lipinski definition) is 4. The summed E-state index contributed by atoms with van der Waals surface area (Å²) in [5.41, 5.74) is 0.0649. The number of anilines is 1. The van der Waals surface area contributed by atoms with Gasteiger partial charge in [-0.15, -0.1) is 0 Å². The minimum Gasteiger partial charge on any atom is -0.389 e. The van der Waals surface area contributed by atoms with Gasteiger partial charge in [-0.3, -0.25) is 9.69 Å². The number of likely N-dealkylation sites (N-methyl/N-ethyl adjacent to an activating group) is 1. The van der Waals surface area contributed by atoms with Gasteiger partial charge in [-0.1, -0.05) is 12.1 Å². The molecule has 0 aliphatic carbocycles. The summed E-state index contributed by atoms with van der Waals surface area (Å²) in [6.07, 6.45) is 0. The van der Waals surface area contributed by atoms with Crippen molar-refractivity contribution in [3.63, 3.8) is 0 Å². The van der Waals surface area contributed by atoms with Gasteiger partial charge >= 0.3 is 0 Å². The van der Waals surface area contributed by atoms with Crippen LogP contribution in [0.25, 0.3) is 0 Å². The van der Waals surface area contributed by atoms with Gasteiger partial charge in [0.25, 0.3) is 0 Å². The Bertz CT molecular complexity index is 515. The number of para-hydroxylation sites is 1. The van der Waals surface area contributed by atoms with E-state index >= 15 is 0 Å². The third kappa shape index (κ3) is 4.65. The minimum atomic E-state index is -0.867. The van der Waals surface area contributed by atoms with E-state index in [1.54, 1.807) is 57.0 Å². The molecule has 0 aromatic heterocycles. The molecular formula is C15H21N3O2. The molecule has 0 heterocycles. The number of hydrogen-bond donors (Lipinski definition) is 2. The molecule has 0 bridgehead atoms. The van der Waals surface area contributed by atoms with Crippen LogP contribution < -0.4 is 5.32 Å². The molecule has 0 spiro atoms. The smallest absolute Gasteiger partial charge is 0.241 e. The lowest BCUT2D eigenvalue weighted by molar-refractivity contribution is -0.121. The molecule has 5 heteroatoms. The Labute approximate surface area is 119 Å². The Hall–Kier alpha value is -1.90. The molecule has 1 atom stereocenters. The lowest BCUT2D eigenvalue weighted by Crippen LogP contribution is -2.46. The van der Waals surface area contributed by atoms with Crippen LogP contribution in [0.1, 0.15) is 26.3 Å². The van der Waals surface area contributed by atoms with E-state index in [2.05, 4.69) is 5.32 Å². The predicted molar refractivity (Wildman–Crippen MR) is 78.2 cm³/mol. The SMILES string of the molecule is CC(C(=O)Nc1ccccc1C#N)N(C)CC(C)(C)O. The normalized spacial score (nSPS) is 12.8. The largest absolute Gasteiger partial charge is 0.389 e. The average Bonchev–Trinajstić information content (AvgIpc) is 2.36. The predicted octanol–water partition coefficient (Wildman–Crippen LogP) is 1.59. The first kappa shape index (κ1) is 16.2. The molecule has 0 radical (unpaired) electrons. The van der Waals surface area contributed by atoms with Crippen LogP contribution in [-0.4, -0.2) is 41.1 Å². The average molecular weight is 275 g/mol. The summed E-state index contributed by atoms with van der Waals surface area (Å²) in [5, 5.41) is 21.5. The van der Waals surface area contributed by atoms with Gasteiger partial charge in [0.15, 0.2) is 0 Å². The van der Waals surface area contributed by atoms with Gasteiger partial charge in [0.2, 0.25) is 5.91 Å². The molecule has 1 aromatic carbocycles. The zero-order valence-corrected chi connectivity index (χ0v) is 12.3. The van der Waals surface area contributed by atoms with Crippen LogP contribution in [0, 0.1) is 11.3 Å². The van der Waals surface area contributed by atoms with Crippen molar-refractivity contribution in [2.45, 2.75) is 32.4 Å². The molecule has 1 unspecified atom stereocenters. The summed E-state index contributed by atoms with van der Waals surface area (Å²) < 4.78 is 0. The second kappa shape index (κ2) is 6.51. The van der Waals surface area contributed by atoms with E-state index < -0.39 is 11.6 Å². The number of aliphatic hydroxyl groups is 1. The number of nitrogens with one attached hydrogen (secondary N) is 1. The number of nitrogens with zero attached hydrogens (tertiary/aromatic N) is 2. The number of nitriles is 1. The number of amides is 1. The van der Waals surface area contributed by atoms with Gasteiger partial charge in [-0.25, -0.2) is 0 Å². The minimum absolute atomic E-state index is 0.209. The molecule has 1 rings (SSSR count). The summed E-state index contributed by atoms with van der Waals surface area (Å²) in [7, 11) is 1.78. The van der Waals surface area contributed by atoms with Crippen LogP contribution >= 0.6 is 0 Å². The fourth-order valence-electron chi connectivity index (χ4n) is 1.87. The zero-order chi connectivity index (χ0) is 15.3. The lowest BCUT2D eigenvalue weighted by Gasteiger charge is -2.29. The maximum Gasteiger partial charge on any atom is 0.241 e. The molecule has 0 saturated heterocycles. The molecule has 1 amide bonds. The zero-order valence-electron chi connectivity index (χ0n) is 12.3. The molecule has 5 nitrogen and oxygen atoms in total. The maximum absolute atomic E-state index is 12.2. The first-order chi connectivity index (χ1) is 9.24. The second-order valence-corrected chi connectivity index (χ2v) is 5.55. The highest BCUT2D eigenvalue weighted by Gasteiger charge is 2.24. The van der Waals surface area contributed by atoms with Crippen LogP contribution in [-0.2, 0) is 4.79 Å². The number of benzene rings is 1. The molecule has 0 aliphatic rings. The first-order valence-electron chi connectivity index (χ1n) is 6.47. The van der Waals surface area contributed by atoms with Gasteiger partial charge < -0.3 is 10.4 Å². The molecule has 0 saturated carbocycles. The van der Waals surface area contributed by atoms with Crippen LogP contribution in [0.3, 0.4) is 0 Å². The fourth-order valence-corrected chi connectivity index (χ4v) is 1.87. The van der Waals surface area contributed by atoms with Gasteiger partial charge in [0.05, 0.1) is 22.9 Å². The standard InChI is InChI=1S/C15H21N3O2/c1-11(18(4)10-15(2,3)20)14(19)17-13-8-6-5-7-12(13)9-16/h5-8,11,20H,10H2,1-4H3,(H,17,19). The quantitative estimate of drug-likeness (QED) is 0.855. The van der Waals surface area contributed by atoms with E-state index in [0.29, 0.717) is 17.8 Å². The summed E-state index contributed by atoms with van der Waals surface area (Å²) in [5.74, 6) is -0.209. The highest BCUT2D eigenvalue weighted by molar-refractivity contribution is 5.95. The monoisotopic (exact) mass is 275 g/mol. The van der Waals surface area contributed by atoms with Crippen LogP contribution in [0.2, 0.25) is 0 Å². The van der Waals surface area contributed by atoms with Gasteiger partial charge in [-0.2, -0.15) is 5.26 Å². The molecular weight excluding hydrogens is 254 g/mol. The Morgan fingerprint density at radius 2 is 2.10 bits per heavy atom. The summed E-state index contributed by atoms with van der Waals surface area (Å²) in [4.78, 5) is 13.9. The maximum atomic E-state index is 12.2. The highest BCUT2D eigenvalue weighted by Crippen LogP contribution is 2.15. The van der Waals surface area contributed by atoms with Crippen molar-refractivity contribution in [2.75, 3.05) is 18.9 Å². The van der Waals surface area contributed by atoms with E-state index in [4.69, 9.17) is 5.26 Å². The van der Waals surface area contributed by atoms with Crippen LogP contribution in [0.4, 0.5) is 5.69 Å². The van der Waals surface area contributed by atoms with Crippen molar-refractivity contribution in [3.05, 3.63) is 29.8 Å². The number of carbonyl (C=O) groups excluding carboxylic acids is 1. The van der Waals surface area contributed by atoms with Crippen LogP contribution in [0.15, 0.2) is 24.3 Å². The third-order valence-corrected chi connectivity index (χ3v) is 2.98. The Morgan fingerprint density at radius 3 is 2.65 bits per heavy atom. The summed E-state index contributed by atoms with van der Waals surface area (Å²) >= 11 is 0. The molecule has 2 N–H and O–H groups in total. The molecule has 1 aromatic rings. The number of carbonyl (C=O) groups is 1. The Kier molecular flexibility index (Phi) is 5.26. The molecule has 108 valence electrons. The van der Waals surface area contributed by atoms with Crippen molar-refractivity contribution in [1.29, 1.82) is 5.26 Å².